The van der Waals surface area contributed by atoms with Gasteiger partial charge >= 0.3 is 0 Å². The van der Waals surface area contributed by atoms with E-state index in [1.807, 2.05) is 6.07 Å². The molecule has 0 spiro atoms. The first-order valence-corrected chi connectivity index (χ1v) is 4.75. The highest BCUT2D eigenvalue weighted by molar-refractivity contribution is 5.60. The Hall–Kier alpha value is -1.18. The minimum absolute atomic E-state index is 0.736. The van der Waals surface area contributed by atoms with Crippen molar-refractivity contribution >= 4 is 11.4 Å². The third kappa shape index (κ3) is 1.62. The molecule has 0 amide bonds. The monoisotopic (exact) mass is 176 g/mol. The average molecular weight is 176 g/mol. The molecule has 0 heterocycles. The number of hydrogen-bond donors (Lipinski definition) is 1. The highest BCUT2D eigenvalue weighted by atomic mass is 15.1. The van der Waals surface area contributed by atoms with Gasteiger partial charge in [-0.1, -0.05) is 0 Å². The Bertz CT molecular complexity index is 314. The first kappa shape index (κ1) is 8.42. The number of benzene rings is 1. The molecule has 1 aromatic rings. The minimum atomic E-state index is 0.736. The van der Waals surface area contributed by atoms with Crippen LogP contribution in [0.25, 0.3) is 0 Å². The van der Waals surface area contributed by atoms with E-state index in [1.165, 1.54) is 24.1 Å². The van der Waals surface area contributed by atoms with Crippen molar-refractivity contribution in [2.45, 2.75) is 18.8 Å². The third-order valence-electron chi connectivity index (χ3n) is 2.60. The Morgan fingerprint density at radius 3 is 2.54 bits per heavy atom. The Morgan fingerprint density at radius 1 is 1.31 bits per heavy atom. The Labute approximate surface area is 79.4 Å². The number of rotatable bonds is 2. The van der Waals surface area contributed by atoms with Gasteiger partial charge in [0.25, 0.3) is 0 Å². The second-order valence-electron chi connectivity index (χ2n) is 3.98. The maximum absolute atomic E-state index is 5.91. The predicted molar refractivity (Wildman–Crippen MR) is 57.2 cm³/mol. The van der Waals surface area contributed by atoms with Gasteiger partial charge in [-0.2, -0.15) is 0 Å². The summed E-state index contributed by atoms with van der Waals surface area (Å²) in [7, 11) is 4.12. The Kier molecular flexibility index (Phi) is 1.91. The fourth-order valence-corrected chi connectivity index (χ4v) is 1.59. The van der Waals surface area contributed by atoms with E-state index in [0.29, 0.717) is 0 Å². The first-order valence-electron chi connectivity index (χ1n) is 4.75. The molecule has 1 saturated carbocycles. The average Bonchev–Trinajstić information content (AvgIpc) is 2.87. The highest BCUT2D eigenvalue weighted by Gasteiger charge is 2.25. The van der Waals surface area contributed by atoms with Gasteiger partial charge in [-0.05, 0) is 42.5 Å². The smallest absolute Gasteiger partial charge is 0.0365 e. The summed E-state index contributed by atoms with van der Waals surface area (Å²) in [6.45, 7) is 0. The lowest BCUT2D eigenvalue weighted by Crippen LogP contribution is -2.09. The summed E-state index contributed by atoms with van der Waals surface area (Å²) >= 11 is 0. The lowest BCUT2D eigenvalue weighted by molar-refractivity contribution is 1.09. The van der Waals surface area contributed by atoms with E-state index in [9.17, 15) is 0 Å². The second kappa shape index (κ2) is 2.95. The molecule has 2 N–H and O–H groups in total. The van der Waals surface area contributed by atoms with Crippen LogP contribution >= 0.6 is 0 Å². The molecular weight excluding hydrogens is 160 g/mol. The minimum Gasteiger partial charge on any atom is -0.398 e. The molecule has 2 heteroatoms. The van der Waals surface area contributed by atoms with Crippen LogP contribution in [-0.4, -0.2) is 14.1 Å². The van der Waals surface area contributed by atoms with Crippen LogP contribution in [0.2, 0.25) is 0 Å². The molecule has 1 aliphatic rings. The van der Waals surface area contributed by atoms with Crippen LogP contribution in [0.1, 0.15) is 24.3 Å². The predicted octanol–water partition coefficient (Wildman–Crippen LogP) is 2.21. The number of hydrogen-bond acceptors (Lipinski definition) is 2. The molecule has 0 aromatic heterocycles. The van der Waals surface area contributed by atoms with E-state index in [2.05, 4.69) is 31.1 Å². The molecule has 0 atom stereocenters. The van der Waals surface area contributed by atoms with Gasteiger partial charge in [-0.3, -0.25) is 0 Å². The SMILES string of the molecule is CN(C)c1ccc(N)c(C2CC2)c1. The fraction of sp³-hybridized carbons (Fsp3) is 0.455. The first-order chi connectivity index (χ1) is 6.18. The Balaban J connectivity index is 2.36. The van der Waals surface area contributed by atoms with Crippen LogP contribution in [0.4, 0.5) is 11.4 Å². The van der Waals surface area contributed by atoms with Crippen molar-refractivity contribution in [3.05, 3.63) is 23.8 Å². The lowest BCUT2D eigenvalue weighted by Gasteiger charge is -2.14. The molecule has 0 saturated heterocycles. The summed E-state index contributed by atoms with van der Waals surface area (Å²) in [5.41, 5.74) is 9.45. The number of nitrogens with zero attached hydrogens (tertiary/aromatic N) is 1. The molecule has 0 bridgehead atoms. The molecule has 0 aliphatic heterocycles. The van der Waals surface area contributed by atoms with E-state index in [-0.39, 0.29) is 0 Å². The summed E-state index contributed by atoms with van der Waals surface area (Å²) in [6.07, 6.45) is 2.61. The van der Waals surface area contributed by atoms with Crippen molar-refractivity contribution < 1.29 is 0 Å². The van der Waals surface area contributed by atoms with Gasteiger partial charge in [0.15, 0.2) is 0 Å². The molecule has 13 heavy (non-hydrogen) atoms. The highest BCUT2D eigenvalue weighted by Crippen LogP contribution is 2.43. The largest absolute Gasteiger partial charge is 0.398 e. The lowest BCUT2D eigenvalue weighted by atomic mass is 10.1. The van der Waals surface area contributed by atoms with Gasteiger partial charge < -0.3 is 10.6 Å². The van der Waals surface area contributed by atoms with Crippen LogP contribution in [-0.2, 0) is 0 Å². The van der Waals surface area contributed by atoms with Crippen molar-refractivity contribution in [3.63, 3.8) is 0 Å². The summed E-state index contributed by atoms with van der Waals surface area (Å²) in [5, 5.41) is 0. The van der Waals surface area contributed by atoms with Crippen molar-refractivity contribution in [1.82, 2.24) is 0 Å². The van der Waals surface area contributed by atoms with Crippen molar-refractivity contribution in [3.8, 4) is 0 Å². The van der Waals surface area contributed by atoms with E-state index in [1.54, 1.807) is 0 Å². The van der Waals surface area contributed by atoms with E-state index < -0.39 is 0 Å². The zero-order chi connectivity index (χ0) is 9.42. The maximum atomic E-state index is 5.91. The zero-order valence-electron chi connectivity index (χ0n) is 8.25. The van der Waals surface area contributed by atoms with Gasteiger partial charge in [0.2, 0.25) is 0 Å². The summed E-state index contributed by atoms with van der Waals surface area (Å²) in [5.74, 6) is 0.736. The molecule has 1 aromatic carbocycles. The second-order valence-corrected chi connectivity index (χ2v) is 3.98. The number of nitrogens with two attached hydrogens (primary N) is 1. The van der Waals surface area contributed by atoms with Crippen molar-refractivity contribution in [1.29, 1.82) is 0 Å². The maximum Gasteiger partial charge on any atom is 0.0365 e. The van der Waals surface area contributed by atoms with E-state index in [0.717, 1.165) is 11.6 Å². The summed E-state index contributed by atoms with van der Waals surface area (Å²) in [6, 6.07) is 6.30. The zero-order valence-corrected chi connectivity index (χ0v) is 8.25. The van der Waals surface area contributed by atoms with Crippen molar-refractivity contribution in [2.24, 2.45) is 0 Å². The topological polar surface area (TPSA) is 29.3 Å². The molecule has 1 aliphatic carbocycles. The van der Waals surface area contributed by atoms with Crippen molar-refractivity contribution in [2.75, 3.05) is 24.7 Å². The van der Waals surface area contributed by atoms with Crippen LogP contribution in [0.5, 0.6) is 0 Å². The quantitative estimate of drug-likeness (QED) is 0.700. The van der Waals surface area contributed by atoms with Gasteiger partial charge in [-0.15, -0.1) is 0 Å². The van der Waals surface area contributed by atoms with Crippen LogP contribution < -0.4 is 10.6 Å². The molecule has 70 valence electrons. The molecular formula is C11H16N2. The van der Waals surface area contributed by atoms with Gasteiger partial charge in [0, 0.05) is 25.5 Å². The fourth-order valence-electron chi connectivity index (χ4n) is 1.59. The van der Waals surface area contributed by atoms with E-state index in [4.69, 9.17) is 5.73 Å². The summed E-state index contributed by atoms with van der Waals surface area (Å²) < 4.78 is 0. The standard InChI is InChI=1S/C11H16N2/c1-13(2)9-5-6-11(12)10(7-9)8-3-4-8/h5-8H,3-4,12H2,1-2H3. The third-order valence-corrected chi connectivity index (χ3v) is 2.60. The molecule has 0 unspecified atom stereocenters. The molecule has 0 radical (unpaired) electrons. The van der Waals surface area contributed by atoms with Crippen LogP contribution in [0, 0.1) is 0 Å². The van der Waals surface area contributed by atoms with Gasteiger partial charge in [-0.25, -0.2) is 0 Å². The number of anilines is 2. The Morgan fingerprint density at radius 2 is 2.00 bits per heavy atom. The molecule has 2 nitrogen and oxygen atoms in total. The van der Waals surface area contributed by atoms with Crippen LogP contribution in [0.15, 0.2) is 18.2 Å². The van der Waals surface area contributed by atoms with Gasteiger partial charge in [0.1, 0.15) is 0 Å². The summed E-state index contributed by atoms with van der Waals surface area (Å²) in [4.78, 5) is 2.12. The van der Waals surface area contributed by atoms with E-state index >= 15 is 0 Å². The molecule has 1 fully saturated rings. The normalized spacial score (nSPS) is 15.8. The van der Waals surface area contributed by atoms with Crippen LogP contribution in [0.3, 0.4) is 0 Å². The number of nitrogen functional groups attached to an aromatic ring is 1. The van der Waals surface area contributed by atoms with Gasteiger partial charge in [0.05, 0.1) is 0 Å². The molecule has 2 rings (SSSR count).